The summed E-state index contributed by atoms with van der Waals surface area (Å²) in [6, 6.07) is 21.4. The molecule has 5 aromatic rings. The van der Waals surface area contributed by atoms with Gasteiger partial charge in [0.1, 0.15) is 0 Å². The molecule has 34 heavy (non-hydrogen) atoms. The molecule has 5 rings (SSSR count). The first kappa shape index (κ1) is 23.6. The molecule has 0 fully saturated rings. The first-order chi connectivity index (χ1) is 16.2. The van der Waals surface area contributed by atoms with Gasteiger partial charge in [0.2, 0.25) is 5.82 Å². The second-order valence-corrected chi connectivity index (χ2v) is 7.37. The summed E-state index contributed by atoms with van der Waals surface area (Å²) in [6.07, 6.45) is 0. The van der Waals surface area contributed by atoms with Crippen LogP contribution < -0.4 is 34.3 Å². The number of aromatic amines is 1. The molecule has 0 radical (unpaired) electrons. The van der Waals surface area contributed by atoms with Crippen molar-refractivity contribution in [1.82, 2.24) is 30.2 Å². The summed E-state index contributed by atoms with van der Waals surface area (Å²) in [6.45, 7) is 2.72. The minimum Gasteiger partial charge on any atom is -1.00 e. The quantitative estimate of drug-likeness (QED) is 0.347. The van der Waals surface area contributed by atoms with Crippen molar-refractivity contribution >= 4 is 17.0 Å². The van der Waals surface area contributed by atoms with Crippen LogP contribution in [0.25, 0.3) is 33.5 Å². The Morgan fingerprint density at radius 3 is 2.50 bits per heavy atom. The number of aromatic nitrogens is 6. The zero-order valence-electron chi connectivity index (χ0n) is 19.8. The van der Waals surface area contributed by atoms with Crippen molar-refractivity contribution < 1.29 is 45.6 Å². The Balaban J connectivity index is 0.00000171. The number of nitrogens with zero attached hydrogens (tertiary/aromatic N) is 5. The molecule has 0 saturated carbocycles. The van der Waals surface area contributed by atoms with E-state index in [1.807, 2.05) is 60.0 Å². The number of tetrazole rings is 1. The molecule has 9 nitrogen and oxygen atoms in total. The summed E-state index contributed by atoms with van der Waals surface area (Å²) >= 11 is 0. The molecule has 166 valence electrons. The summed E-state index contributed by atoms with van der Waals surface area (Å²) < 4.78 is 7.53. The van der Waals surface area contributed by atoms with Crippen LogP contribution in [0.1, 0.15) is 24.3 Å². The zero-order valence-corrected chi connectivity index (χ0v) is 20.8. The van der Waals surface area contributed by atoms with Crippen molar-refractivity contribution in [2.24, 2.45) is 0 Å². The van der Waals surface area contributed by atoms with E-state index >= 15 is 0 Å². The fraction of sp³-hybridized carbons (Fsp3) is 0.125. The third kappa shape index (κ3) is 4.45. The van der Waals surface area contributed by atoms with Crippen LogP contribution >= 0.6 is 0 Å². The van der Waals surface area contributed by atoms with Gasteiger partial charge in [-0.25, -0.2) is 4.79 Å². The molecule has 3 aromatic carbocycles. The van der Waals surface area contributed by atoms with Crippen LogP contribution in [0.3, 0.4) is 0 Å². The first-order valence-corrected chi connectivity index (χ1v) is 10.4. The number of carboxylic acid groups (broad SMARTS) is 1. The van der Waals surface area contributed by atoms with E-state index in [0.29, 0.717) is 36.0 Å². The third-order valence-electron chi connectivity index (χ3n) is 5.35. The number of imidazole rings is 1. The molecule has 0 saturated heterocycles. The third-order valence-corrected chi connectivity index (χ3v) is 5.35. The Morgan fingerprint density at radius 1 is 1.06 bits per heavy atom. The number of aromatic carboxylic acids is 1. The van der Waals surface area contributed by atoms with Gasteiger partial charge in [0.15, 0.2) is 0 Å². The number of benzene rings is 3. The second-order valence-electron chi connectivity index (χ2n) is 7.37. The van der Waals surface area contributed by atoms with Gasteiger partial charge in [0.25, 0.3) is 6.01 Å². The fourth-order valence-corrected chi connectivity index (χ4v) is 3.90. The second kappa shape index (κ2) is 10.2. The summed E-state index contributed by atoms with van der Waals surface area (Å²) in [5.41, 5.74) is 5.17. The number of rotatable bonds is 7. The van der Waals surface area contributed by atoms with Crippen molar-refractivity contribution in [3.05, 3.63) is 77.9 Å². The van der Waals surface area contributed by atoms with Crippen molar-refractivity contribution in [3.8, 4) is 28.5 Å². The number of para-hydroxylation sites is 1. The van der Waals surface area contributed by atoms with Gasteiger partial charge in [-0.05, 0) is 41.0 Å². The number of H-pyrrole nitrogens is 1. The van der Waals surface area contributed by atoms with Crippen molar-refractivity contribution in [2.75, 3.05) is 6.61 Å². The molecule has 0 spiro atoms. The Kier molecular flexibility index (Phi) is 7.06. The molecular weight excluding hydrogens is 443 g/mol. The smallest absolute Gasteiger partial charge is 1.00 e. The van der Waals surface area contributed by atoms with Gasteiger partial charge in [-0.3, -0.25) is 4.57 Å². The van der Waals surface area contributed by atoms with Gasteiger partial charge in [-0.2, -0.15) is 10.2 Å². The summed E-state index contributed by atoms with van der Waals surface area (Å²) in [5.74, 6) is -0.472. The summed E-state index contributed by atoms with van der Waals surface area (Å²) in [4.78, 5) is 16.3. The number of nitrogens with one attached hydrogen (secondary N) is 1. The van der Waals surface area contributed by atoms with Gasteiger partial charge >= 0.3 is 35.5 Å². The van der Waals surface area contributed by atoms with Crippen LogP contribution in [0.2, 0.25) is 0 Å². The predicted octanol–water partition coefficient (Wildman–Crippen LogP) is 1.15. The Labute approximate surface area is 218 Å². The minimum atomic E-state index is -1.00. The number of fused-ring (bicyclic) bond motifs is 1. The van der Waals surface area contributed by atoms with E-state index in [1.165, 1.54) is 0 Å². The largest absolute Gasteiger partial charge is 1.00 e. The summed E-state index contributed by atoms with van der Waals surface area (Å²) in [5, 5.41) is 24.0. The van der Waals surface area contributed by atoms with Gasteiger partial charge < -0.3 is 11.3 Å². The van der Waals surface area contributed by atoms with Gasteiger partial charge in [0, 0.05) is 5.56 Å². The number of carbonyl (C=O) groups is 1. The monoisotopic (exact) mass is 464 g/mol. The van der Waals surface area contributed by atoms with Gasteiger partial charge in [0.05, 0.1) is 29.7 Å². The molecule has 2 heterocycles. The zero-order chi connectivity index (χ0) is 22.8. The van der Waals surface area contributed by atoms with Crippen molar-refractivity contribution in [2.45, 2.75) is 13.5 Å². The minimum absolute atomic E-state index is 0. The maximum Gasteiger partial charge on any atom is 1.00 e. The molecule has 0 aliphatic rings. The maximum atomic E-state index is 11.8. The first-order valence-electron chi connectivity index (χ1n) is 10.4. The molecule has 2 aromatic heterocycles. The molecule has 10 heteroatoms. The Hall–Kier alpha value is -3.53. The summed E-state index contributed by atoms with van der Waals surface area (Å²) in [7, 11) is 0. The van der Waals surface area contributed by atoms with E-state index in [1.54, 1.807) is 18.2 Å². The number of carboxylic acids is 1. The molecule has 0 aliphatic carbocycles. The number of hydrogen-bond donors (Lipinski definition) is 2. The molecule has 0 bridgehead atoms. The Bertz CT molecular complexity index is 1440. The number of ether oxygens (including phenoxy) is 1. The van der Waals surface area contributed by atoms with E-state index < -0.39 is 5.97 Å². The molecule has 0 atom stereocenters. The Morgan fingerprint density at radius 2 is 1.82 bits per heavy atom. The van der Waals surface area contributed by atoms with Crippen LogP contribution in [0.5, 0.6) is 6.01 Å². The molecular formula is C24H21N6NaO3. The van der Waals surface area contributed by atoms with E-state index in [-0.39, 0.29) is 36.5 Å². The van der Waals surface area contributed by atoms with Gasteiger partial charge in [-0.15, -0.1) is 10.2 Å². The molecule has 0 unspecified atom stereocenters. The SMILES string of the molecule is CCOc1nc2cccc(C(=O)O)c2n1Cc1ccc(-c2ccccc2-c2nn[nH]n2)cc1.[H-].[Na+]. The van der Waals surface area contributed by atoms with E-state index in [0.717, 1.165) is 22.3 Å². The molecule has 2 N–H and O–H groups in total. The van der Waals surface area contributed by atoms with Crippen molar-refractivity contribution in [1.29, 1.82) is 0 Å². The topological polar surface area (TPSA) is 119 Å². The van der Waals surface area contributed by atoms with Crippen LogP contribution in [0, 0.1) is 0 Å². The average Bonchev–Trinajstić information content (AvgIpc) is 3.49. The molecule has 0 aliphatic heterocycles. The van der Waals surface area contributed by atoms with Crippen LogP contribution in [0.15, 0.2) is 66.7 Å². The predicted molar refractivity (Wildman–Crippen MR) is 123 cm³/mol. The standard InChI is InChI=1S/C24H20N6O3.Na.H/c1-2-33-24-25-20-9-5-8-19(23(31)32)21(20)30(24)14-15-10-12-16(13-11-15)17-6-3-4-7-18(17)22-26-28-29-27-22;;/h3-13H,2,14H2,1H3,(H,31,32)(H,26,27,28,29);;/q;+1;-1. The number of hydrogen-bond acceptors (Lipinski definition) is 6. The van der Waals surface area contributed by atoms with Gasteiger partial charge in [-0.1, -0.05) is 54.6 Å². The van der Waals surface area contributed by atoms with Crippen molar-refractivity contribution in [3.63, 3.8) is 0 Å². The van der Waals surface area contributed by atoms with Crippen LogP contribution in [-0.2, 0) is 6.54 Å². The fourth-order valence-electron chi connectivity index (χ4n) is 3.90. The molecule has 0 amide bonds. The van der Waals surface area contributed by atoms with Crippen LogP contribution in [0.4, 0.5) is 0 Å². The van der Waals surface area contributed by atoms with Crippen LogP contribution in [-0.4, -0.2) is 47.9 Å². The van der Waals surface area contributed by atoms with E-state index in [9.17, 15) is 9.90 Å². The van der Waals surface area contributed by atoms with E-state index in [4.69, 9.17) is 4.74 Å². The average molecular weight is 464 g/mol. The maximum absolute atomic E-state index is 11.8. The normalized spacial score (nSPS) is 10.7. The van der Waals surface area contributed by atoms with E-state index in [2.05, 4.69) is 25.6 Å².